The Labute approximate surface area is 139 Å². The van der Waals surface area contributed by atoms with Crippen molar-refractivity contribution in [2.45, 2.75) is 20.3 Å². The third-order valence-electron chi connectivity index (χ3n) is 3.69. The van der Waals surface area contributed by atoms with Gasteiger partial charge in [0.25, 0.3) is 11.1 Å². The predicted octanol–water partition coefficient (Wildman–Crippen LogP) is 4.23. The van der Waals surface area contributed by atoms with Crippen molar-refractivity contribution in [3.8, 4) is 5.69 Å². The van der Waals surface area contributed by atoms with E-state index in [4.69, 9.17) is 0 Å². The van der Waals surface area contributed by atoms with Crippen LogP contribution in [0.1, 0.15) is 24.6 Å². The van der Waals surface area contributed by atoms with Crippen LogP contribution >= 0.6 is 11.8 Å². The smallest absolute Gasteiger partial charge is 0.293 e. The first-order valence-electron chi connectivity index (χ1n) is 7.60. The lowest BCUT2D eigenvalue weighted by Gasteiger charge is -2.10. The molecule has 1 aromatic heterocycles. The van der Waals surface area contributed by atoms with Crippen molar-refractivity contribution < 1.29 is 9.59 Å². The molecule has 0 N–H and O–H groups in total. The highest BCUT2D eigenvalue weighted by molar-refractivity contribution is 8.18. The molecular weight excluding hydrogens is 308 g/mol. The lowest BCUT2D eigenvalue weighted by atomic mass is 10.2. The third kappa shape index (κ3) is 3.10. The molecule has 23 heavy (non-hydrogen) atoms. The van der Waals surface area contributed by atoms with Gasteiger partial charge in [-0.05, 0) is 55.4 Å². The molecule has 1 aliphatic heterocycles. The zero-order chi connectivity index (χ0) is 16.4. The number of rotatable bonds is 4. The summed E-state index contributed by atoms with van der Waals surface area (Å²) in [6.07, 6.45) is 4.51. The second kappa shape index (κ2) is 6.46. The summed E-state index contributed by atoms with van der Waals surface area (Å²) in [5.74, 6) is -0.196. The topological polar surface area (TPSA) is 42.3 Å². The molecule has 0 saturated carbocycles. The summed E-state index contributed by atoms with van der Waals surface area (Å²) in [6.45, 7) is 4.47. The molecule has 3 rings (SSSR count). The number of thioether (sulfide) groups is 1. The Kier molecular flexibility index (Phi) is 4.39. The number of benzene rings is 1. The molecule has 118 valence electrons. The van der Waals surface area contributed by atoms with E-state index < -0.39 is 0 Å². The highest BCUT2D eigenvalue weighted by Crippen LogP contribution is 2.32. The van der Waals surface area contributed by atoms with Crippen LogP contribution < -0.4 is 0 Å². The van der Waals surface area contributed by atoms with Crippen molar-refractivity contribution in [2.75, 3.05) is 6.54 Å². The number of imide groups is 1. The fraction of sp³-hybridized carbons (Fsp3) is 0.222. The molecule has 0 aliphatic carbocycles. The number of amides is 2. The summed E-state index contributed by atoms with van der Waals surface area (Å²) in [5.41, 5.74) is 3.11. The van der Waals surface area contributed by atoms with E-state index in [1.165, 1.54) is 10.5 Å². The van der Waals surface area contributed by atoms with Crippen LogP contribution in [-0.2, 0) is 4.79 Å². The maximum atomic E-state index is 12.3. The first-order valence-corrected chi connectivity index (χ1v) is 8.41. The fourth-order valence-electron chi connectivity index (χ4n) is 2.50. The van der Waals surface area contributed by atoms with E-state index in [1.54, 1.807) is 6.08 Å². The monoisotopic (exact) mass is 326 g/mol. The van der Waals surface area contributed by atoms with Crippen molar-refractivity contribution in [3.63, 3.8) is 0 Å². The normalized spacial score (nSPS) is 16.6. The summed E-state index contributed by atoms with van der Waals surface area (Å²) in [6, 6.07) is 12.0. The van der Waals surface area contributed by atoms with Crippen LogP contribution in [0.25, 0.3) is 11.8 Å². The Morgan fingerprint density at radius 1 is 1.13 bits per heavy atom. The van der Waals surface area contributed by atoms with E-state index in [0.29, 0.717) is 11.4 Å². The molecule has 4 nitrogen and oxygen atoms in total. The number of hydrogen-bond donors (Lipinski definition) is 0. The summed E-state index contributed by atoms with van der Waals surface area (Å²) < 4.78 is 2.01. The van der Waals surface area contributed by atoms with Crippen LogP contribution in [0.3, 0.4) is 0 Å². The van der Waals surface area contributed by atoms with Crippen LogP contribution in [0, 0.1) is 6.92 Å². The summed E-state index contributed by atoms with van der Waals surface area (Å²) in [5, 5.41) is -0.184. The summed E-state index contributed by atoms with van der Waals surface area (Å²) in [4.78, 5) is 26.1. The van der Waals surface area contributed by atoms with E-state index >= 15 is 0 Å². The van der Waals surface area contributed by atoms with Crippen molar-refractivity contribution in [1.29, 1.82) is 0 Å². The van der Waals surface area contributed by atoms with Gasteiger partial charge in [-0.2, -0.15) is 0 Å². The molecule has 0 atom stereocenters. The molecule has 1 aliphatic rings. The maximum Gasteiger partial charge on any atom is 0.293 e. The van der Waals surface area contributed by atoms with Crippen LogP contribution in [0.2, 0.25) is 0 Å². The minimum atomic E-state index is -0.196. The van der Waals surface area contributed by atoms with Gasteiger partial charge in [0.1, 0.15) is 0 Å². The minimum Gasteiger partial charge on any atom is -0.317 e. The molecule has 2 aromatic rings. The van der Waals surface area contributed by atoms with E-state index in [0.717, 1.165) is 29.6 Å². The minimum absolute atomic E-state index is 0.184. The number of aryl methyl sites for hydroxylation is 1. The Hall–Kier alpha value is -2.27. The van der Waals surface area contributed by atoms with Gasteiger partial charge < -0.3 is 4.57 Å². The van der Waals surface area contributed by atoms with Crippen LogP contribution in [-0.4, -0.2) is 27.2 Å². The summed E-state index contributed by atoms with van der Waals surface area (Å²) in [7, 11) is 0. The van der Waals surface area contributed by atoms with Gasteiger partial charge in [-0.25, -0.2) is 0 Å². The van der Waals surface area contributed by atoms with E-state index in [-0.39, 0.29) is 11.1 Å². The SMILES string of the molecule is CCCN1C(=O)S/C(=C/c2cccn2-c2ccc(C)cc2)C1=O. The quantitative estimate of drug-likeness (QED) is 0.790. The lowest BCUT2D eigenvalue weighted by Crippen LogP contribution is -2.28. The van der Waals surface area contributed by atoms with E-state index in [1.807, 2.05) is 61.0 Å². The Balaban J connectivity index is 1.92. The number of carbonyl (C=O) groups is 2. The number of carbonyl (C=O) groups excluding carboxylic acids is 2. The van der Waals surface area contributed by atoms with Crippen LogP contribution in [0.5, 0.6) is 0 Å². The van der Waals surface area contributed by atoms with Gasteiger partial charge in [0, 0.05) is 24.1 Å². The van der Waals surface area contributed by atoms with E-state index in [9.17, 15) is 9.59 Å². The standard InChI is InChI=1S/C18H18N2O2S/c1-3-10-20-17(21)16(23-18(20)22)12-15-5-4-11-19(15)14-8-6-13(2)7-9-14/h4-9,11-12H,3,10H2,1-2H3/b16-12+. The first-order chi connectivity index (χ1) is 11.1. The second-order valence-electron chi connectivity index (χ2n) is 5.47. The molecule has 1 saturated heterocycles. The molecule has 1 fully saturated rings. The Morgan fingerprint density at radius 2 is 1.87 bits per heavy atom. The number of aromatic nitrogens is 1. The Bertz CT molecular complexity index is 775. The zero-order valence-corrected chi connectivity index (χ0v) is 14.0. The molecule has 1 aromatic carbocycles. The average molecular weight is 326 g/mol. The van der Waals surface area contributed by atoms with Crippen LogP contribution in [0.4, 0.5) is 4.79 Å². The average Bonchev–Trinajstić information content (AvgIpc) is 3.09. The van der Waals surface area contributed by atoms with Crippen molar-refractivity contribution in [3.05, 3.63) is 58.8 Å². The van der Waals surface area contributed by atoms with Gasteiger partial charge in [-0.15, -0.1) is 0 Å². The number of hydrogen-bond acceptors (Lipinski definition) is 3. The number of nitrogens with zero attached hydrogens (tertiary/aromatic N) is 2. The van der Waals surface area contributed by atoms with Crippen LogP contribution in [0.15, 0.2) is 47.5 Å². The molecular formula is C18H18N2O2S. The first kappa shape index (κ1) is 15.6. The van der Waals surface area contributed by atoms with Gasteiger partial charge in [0.05, 0.1) is 4.91 Å². The van der Waals surface area contributed by atoms with Gasteiger partial charge >= 0.3 is 0 Å². The molecule has 2 amide bonds. The highest BCUT2D eigenvalue weighted by atomic mass is 32.2. The largest absolute Gasteiger partial charge is 0.317 e. The Morgan fingerprint density at radius 3 is 2.57 bits per heavy atom. The van der Waals surface area contributed by atoms with Crippen molar-refractivity contribution >= 4 is 29.0 Å². The van der Waals surface area contributed by atoms with Crippen molar-refractivity contribution in [1.82, 2.24) is 9.47 Å². The fourth-order valence-corrected chi connectivity index (χ4v) is 3.35. The van der Waals surface area contributed by atoms with Gasteiger partial charge in [0.2, 0.25) is 0 Å². The van der Waals surface area contributed by atoms with E-state index in [2.05, 4.69) is 0 Å². The zero-order valence-electron chi connectivity index (χ0n) is 13.2. The third-order valence-corrected chi connectivity index (χ3v) is 4.60. The van der Waals surface area contributed by atoms with Gasteiger partial charge in [0.15, 0.2) is 0 Å². The van der Waals surface area contributed by atoms with Gasteiger partial charge in [-0.3, -0.25) is 14.5 Å². The van der Waals surface area contributed by atoms with Gasteiger partial charge in [-0.1, -0.05) is 24.6 Å². The molecule has 0 bridgehead atoms. The highest BCUT2D eigenvalue weighted by Gasteiger charge is 2.34. The molecule has 2 heterocycles. The molecule has 0 spiro atoms. The summed E-state index contributed by atoms with van der Waals surface area (Å²) >= 11 is 1.01. The lowest BCUT2D eigenvalue weighted by molar-refractivity contribution is -0.122. The predicted molar refractivity (Wildman–Crippen MR) is 93.5 cm³/mol. The molecule has 5 heteroatoms. The van der Waals surface area contributed by atoms with Crippen molar-refractivity contribution in [2.24, 2.45) is 0 Å². The molecule has 0 radical (unpaired) electrons. The second-order valence-corrected chi connectivity index (χ2v) is 6.47. The molecule has 0 unspecified atom stereocenters. The maximum absolute atomic E-state index is 12.3.